The van der Waals surface area contributed by atoms with Gasteiger partial charge in [-0.25, -0.2) is 0 Å². The first-order valence-corrected chi connectivity index (χ1v) is 8.77. The first kappa shape index (κ1) is 15.1. The molecule has 0 bridgehead atoms. The minimum absolute atomic E-state index is 0.0899. The van der Waals surface area contributed by atoms with Crippen LogP contribution in [-0.4, -0.2) is 39.9 Å². The first-order chi connectivity index (χ1) is 9.00. The predicted octanol–water partition coefficient (Wildman–Crippen LogP) is 2.43. The Bertz CT molecular complexity index is 364. The maximum Gasteiger partial charge on any atom is 0.225 e. The number of rotatable bonds is 3. The van der Waals surface area contributed by atoms with E-state index in [4.69, 9.17) is 18.0 Å². The SMILES string of the molecule is CSC1(C(N)=S)CCN(C(=O)C2CCCC2C)CC1. The number of carbonyl (C=O) groups is 1. The Kier molecular flexibility index (Phi) is 4.77. The summed E-state index contributed by atoms with van der Waals surface area (Å²) in [5, 5.41) is 0. The van der Waals surface area contributed by atoms with Crippen molar-refractivity contribution in [3.63, 3.8) is 0 Å². The first-order valence-electron chi connectivity index (χ1n) is 7.14. The Labute approximate surface area is 125 Å². The van der Waals surface area contributed by atoms with Crippen LogP contribution in [0, 0.1) is 11.8 Å². The summed E-state index contributed by atoms with van der Waals surface area (Å²) in [6.07, 6.45) is 7.33. The lowest BCUT2D eigenvalue weighted by Gasteiger charge is -2.41. The van der Waals surface area contributed by atoms with E-state index in [0.717, 1.165) is 32.4 Å². The van der Waals surface area contributed by atoms with Crippen LogP contribution in [-0.2, 0) is 4.79 Å². The van der Waals surface area contributed by atoms with Gasteiger partial charge in [-0.1, -0.05) is 25.6 Å². The minimum atomic E-state index is -0.0899. The smallest absolute Gasteiger partial charge is 0.225 e. The van der Waals surface area contributed by atoms with Gasteiger partial charge in [0.15, 0.2) is 0 Å². The van der Waals surface area contributed by atoms with Gasteiger partial charge >= 0.3 is 0 Å². The topological polar surface area (TPSA) is 46.3 Å². The van der Waals surface area contributed by atoms with E-state index in [1.54, 1.807) is 11.8 Å². The molecule has 0 radical (unpaired) electrons. The van der Waals surface area contributed by atoms with Crippen LogP contribution >= 0.6 is 24.0 Å². The third-order valence-electron chi connectivity index (χ3n) is 4.90. The Hall–Kier alpha value is -0.290. The fourth-order valence-corrected chi connectivity index (χ4v) is 4.63. The molecule has 108 valence electrons. The number of nitrogens with two attached hydrogens (primary N) is 1. The summed E-state index contributed by atoms with van der Waals surface area (Å²) in [6.45, 7) is 3.82. The van der Waals surface area contributed by atoms with Gasteiger partial charge in [0.25, 0.3) is 0 Å². The monoisotopic (exact) mass is 300 g/mol. The highest BCUT2D eigenvalue weighted by Gasteiger charge is 2.40. The second kappa shape index (κ2) is 6.00. The lowest BCUT2D eigenvalue weighted by molar-refractivity contribution is -0.137. The normalized spacial score (nSPS) is 30.3. The Morgan fingerprint density at radius 1 is 1.37 bits per heavy atom. The average molecular weight is 300 g/mol. The molecule has 2 aliphatic rings. The summed E-state index contributed by atoms with van der Waals surface area (Å²) in [4.78, 5) is 15.2. The quantitative estimate of drug-likeness (QED) is 0.813. The highest BCUT2D eigenvalue weighted by atomic mass is 32.2. The Morgan fingerprint density at radius 3 is 2.42 bits per heavy atom. The van der Waals surface area contributed by atoms with Gasteiger partial charge in [0.2, 0.25) is 5.91 Å². The maximum absolute atomic E-state index is 12.5. The number of piperidine rings is 1. The summed E-state index contributed by atoms with van der Waals surface area (Å²) in [5.74, 6) is 1.17. The van der Waals surface area contributed by atoms with Crippen LogP contribution < -0.4 is 5.73 Å². The van der Waals surface area contributed by atoms with Gasteiger partial charge in [-0.15, -0.1) is 0 Å². The number of amides is 1. The number of nitrogens with zero attached hydrogens (tertiary/aromatic N) is 1. The van der Waals surface area contributed by atoms with E-state index in [0.29, 0.717) is 16.8 Å². The van der Waals surface area contributed by atoms with E-state index in [1.807, 2.05) is 4.90 Å². The van der Waals surface area contributed by atoms with Crippen molar-refractivity contribution < 1.29 is 4.79 Å². The lowest BCUT2D eigenvalue weighted by atomic mass is 9.92. The molecule has 3 nitrogen and oxygen atoms in total. The van der Waals surface area contributed by atoms with Crippen LogP contribution in [0.5, 0.6) is 0 Å². The number of likely N-dealkylation sites (tertiary alicyclic amines) is 1. The number of thioether (sulfide) groups is 1. The second-order valence-corrected chi connectivity index (χ2v) is 7.53. The van der Waals surface area contributed by atoms with Crippen LogP contribution in [0.1, 0.15) is 39.0 Å². The molecule has 0 aromatic heterocycles. The molecule has 2 fully saturated rings. The van der Waals surface area contributed by atoms with E-state index in [2.05, 4.69) is 13.2 Å². The van der Waals surface area contributed by atoms with Gasteiger partial charge in [0.05, 0.1) is 9.74 Å². The third kappa shape index (κ3) is 2.92. The van der Waals surface area contributed by atoms with Gasteiger partial charge < -0.3 is 10.6 Å². The van der Waals surface area contributed by atoms with Gasteiger partial charge in [0.1, 0.15) is 0 Å². The Balaban J connectivity index is 1.96. The fraction of sp³-hybridized carbons (Fsp3) is 0.857. The number of hydrogen-bond donors (Lipinski definition) is 1. The van der Waals surface area contributed by atoms with Crippen molar-refractivity contribution in [2.75, 3.05) is 19.3 Å². The van der Waals surface area contributed by atoms with Crippen molar-refractivity contribution in [2.24, 2.45) is 17.6 Å². The predicted molar refractivity (Wildman–Crippen MR) is 85.4 cm³/mol. The van der Waals surface area contributed by atoms with Crippen LogP contribution in [0.15, 0.2) is 0 Å². The van der Waals surface area contributed by atoms with Crippen molar-refractivity contribution in [1.82, 2.24) is 4.90 Å². The zero-order valence-electron chi connectivity index (χ0n) is 11.9. The zero-order valence-corrected chi connectivity index (χ0v) is 13.5. The summed E-state index contributed by atoms with van der Waals surface area (Å²) < 4.78 is -0.0899. The number of carbonyl (C=O) groups excluding carboxylic acids is 1. The standard InChI is InChI=1S/C14H24N2OS2/c1-10-4-3-5-11(10)12(17)16-8-6-14(19-2,7-9-16)13(15)18/h10-11H,3-9H2,1-2H3,(H2,15,18). The molecule has 0 spiro atoms. The number of hydrogen-bond acceptors (Lipinski definition) is 3. The van der Waals surface area contributed by atoms with Crippen molar-refractivity contribution in [3.8, 4) is 0 Å². The van der Waals surface area contributed by atoms with Gasteiger partial charge in [-0.3, -0.25) is 4.79 Å². The van der Waals surface area contributed by atoms with Crippen LogP contribution in [0.25, 0.3) is 0 Å². The van der Waals surface area contributed by atoms with E-state index in [1.165, 1.54) is 12.8 Å². The van der Waals surface area contributed by atoms with Crippen LogP contribution in [0.3, 0.4) is 0 Å². The lowest BCUT2D eigenvalue weighted by Crippen LogP contribution is -2.52. The van der Waals surface area contributed by atoms with E-state index < -0.39 is 0 Å². The molecule has 0 aromatic rings. The summed E-state index contributed by atoms with van der Waals surface area (Å²) in [7, 11) is 0. The Morgan fingerprint density at radius 2 is 2.00 bits per heavy atom. The van der Waals surface area contributed by atoms with Crippen molar-refractivity contribution in [1.29, 1.82) is 0 Å². The largest absolute Gasteiger partial charge is 0.392 e. The third-order valence-corrected chi connectivity index (χ3v) is 6.83. The average Bonchev–Trinajstić information content (AvgIpc) is 2.84. The molecule has 1 aliphatic heterocycles. The molecule has 0 aromatic carbocycles. The van der Waals surface area contributed by atoms with Gasteiger partial charge in [-0.2, -0.15) is 11.8 Å². The molecule has 2 atom stereocenters. The van der Waals surface area contributed by atoms with Crippen molar-refractivity contribution >= 4 is 34.9 Å². The van der Waals surface area contributed by atoms with Crippen LogP contribution in [0.2, 0.25) is 0 Å². The molecule has 1 amide bonds. The molecule has 1 aliphatic carbocycles. The zero-order chi connectivity index (χ0) is 14.0. The van der Waals surface area contributed by atoms with E-state index >= 15 is 0 Å². The molecule has 1 saturated heterocycles. The molecular weight excluding hydrogens is 276 g/mol. The molecule has 1 heterocycles. The molecule has 2 N–H and O–H groups in total. The number of thiocarbonyl (C=S) groups is 1. The van der Waals surface area contributed by atoms with E-state index in [-0.39, 0.29) is 10.7 Å². The van der Waals surface area contributed by atoms with E-state index in [9.17, 15) is 4.79 Å². The second-order valence-electron chi connectivity index (χ2n) is 5.90. The van der Waals surface area contributed by atoms with Crippen LogP contribution in [0.4, 0.5) is 0 Å². The molecule has 1 saturated carbocycles. The highest BCUT2D eigenvalue weighted by molar-refractivity contribution is 8.02. The fourth-order valence-electron chi connectivity index (χ4n) is 3.39. The molecule has 2 unspecified atom stereocenters. The van der Waals surface area contributed by atoms with Crippen molar-refractivity contribution in [3.05, 3.63) is 0 Å². The molecule has 5 heteroatoms. The van der Waals surface area contributed by atoms with Crippen molar-refractivity contribution in [2.45, 2.75) is 43.8 Å². The molecule has 2 rings (SSSR count). The summed E-state index contributed by atoms with van der Waals surface area (Å²) in [6, 6.07) is 0. The molecular formula is C14H24N2OS2. The van der Waals surface area contributed by atoms with Gasteiger partial charge in [-0.05, 0) is 37.9 Å². The summed E-state index contributed by atoms with van der Waals surface area (Å²) >= 11 is 6.95. The molecule has 19 heavy (non-hydrogen) atoms. The van der Waals surface area contributed by atoms with Gasteiger partial charge in [0, 0.05) is 19.0 Å². The summed E-state index contributed by atoms with van der Waals surface area (Å²) in [5.41, 5.74) is 5.89. The minimum Gasteiger partial charge on any atom is -0.392 e. The highest BCUT2D eigenvalue weighted by Crippen LogP contribution is 2.37. The maximum atomic E-state index is 12.5.